The second kappa shape index (κ2) is 33.3. The summed E-state index contributed by atoms with van der Waals surface area (Å²) >= 11 is 0. The van der Waals surface area contributed by atoms with Crippen molar-refractivity contribution in [3.05, 3.63) is 60.8 Å². The number of carbonyl (C=O) groups is 3. The molecule has 1 heterocycles. The summed E-state index contributed by atoms with van der Waals surface area (Å²) < 4.78 is 38.3. The molecule has 13 heteroatoms. The summed E-state index contributed by atoms with van der Waals surface area (Å²) in [6, 6.07) is -1.53. The first-order chi connectivity index (χ1) is 26.6. The number of carboxylic acid groups (broad SMARTS) is 1. The third-order valence-corrected chi connectivity index (χ3v) is 9.62. The number of carboxylic acids is 1. The molecule has 4 N–H and O–H groups in total. The Morgan fingerprint density at radius 1 is 0.691 bits per heavy atom. The summed E-state index contributed by atoms with van der Waals surface area (Å²) in [6.07, 6.45) is 38.9. The van der Waals surface area contributed by atoms with E-state index in [1.54, 1.807) is 0 Å². The molecule has 12 nitrogen and oxygen atoms in total. The van der Waals surface area contributed by atoms with Crippen LogP contribution in [-0.4, -0.2) is 72.1 Å². The lowest BCUT2D eigenvalue weighted by Crippen LogP contribution is -2.34. The molecule has 0 aromatic carbocycles. The Morgan fingerprint density at radius 3 is 1.93 bits per heavy atom. The standard InChI is InChI=1S/C42H70NO11P/c1-3-5-7-8-9-10-11-12-13-14-15-16-21-24-28-32-41(45)53-36(34-51-55(48,49)52-35-37(43)42(46)47)33-50-40(44)31-27-23-20-18-17-19-22-26-30-39-38(54-39)29-25-6-4-2/h5,7,9-10,12-13,15-16,22,26,36-39H,3-4,6,8,11,14,17-21,23-25,27-35,43H2,1-2H3,(H,46,47)(H,48,49)/b7-5-,10-9-,13-12-,16-15-,26-22-/t36-,37+,38?,39?/m1/s1. The Balaban J connectivity index is 2.34. The molecule has 1 rings (SSSR count). The first-order valence-electron chi connectivity index (χ1n) is 20.4. The Morgan fingerprint density at radius 2 is 1.25 bits per heavy atom. The number of phosphoric acid groups is 1. The fourth-order valence-electron chi connectivity index (χ4n) is 5.35. The third kappa shape index (κ3) is 31.0. The highest BCUT2D eigenvalue weighted by atomic mass is 31.2. The van der Waals surface area contributed by atoms with Crippen molar-refractivity contribution in [3.63, 3.8) is 0 Å². The summed E-state index contributed by atoms with van der Waals surface area (Å²) in [7, 11) is -4.73. The zero-order chi connectivity index (χ0) is 40.4. The molecule has 1 fully saturated rings. The van der Waals surface area contributed by atoms with Gasteiger partial charge >= 0.3 is 25.7 Å². The number of nitrogens with two attached hydrogens (primary N) is 1. The van der Waals surface area contributed by atoms with Gasteiger partial charge in [-0.2, -0.15) is 0 Å². The van der Waals surface area contributed by atoms with Gasteiger partial charge in [-0.1, -0.05) is 113 Å². The number of esters is 2. The van der Waals surface area contributed by atoms with Gasteiger partial charge in [0.1, 0.15) is 12.6 Å². The number of carbonyl (C=O) groups excluding carboxylic acids is 2. The molecule has 3 unspecified atom stereocenters. The van der Waals surface area contributed by atoms with Gasteiger partial charge in [0.05, 0.1) is 25.4 Å². The van der Waals surface area contributed by atoms with E-state index in [0.717, 1.165) is 77.0 Å². The summed E-state index contributed by atoms with van der Waals surface area (Å²) in [6.45, 7) is 2.57. The van der Waals surface area contributed by atoms with Crippen LogP contribution in [0.15, 0.2) is 60.8 Å². The van der Waals surface area contributed by atoms with E-state index in [-0.39, 0.29) is 19.4 Å². The fourth-order valence-corrected chi connectivity index (χ4v) is 6.13. The number of hydrogen-bond donors (Lipinski definition) is 3. The molecule has 314 valence electrons. The van der Waals surface area contributed by atoms with Gasteiger partial charge in [0.25, 0.3) is 0 Å². The number of ether oxygens (including phenoxy) is 3. The van der Waals surface area contributed by atoms with Crippen LogP contribution < -0.4 is 5.73 Å². The lowest BCUT2D eigenvalue weighted by molar-refractivity contribution is -0.161. The maximum Gasteiger partial charge on any atom is 0.472 e. The van der Waals surface area contributed by atoms with Crippen LogP contribution in [0, 0.1) is 0 Å². The van der Waals surface area contributed by atoms with E-state index in [2.05, 4.69) is 79.1 Å². The summed E-state index contributed by atoms with van der Waals surface area (Å²) in [5.41, 5.74) is 5.32. The normalized spacial score (nSPS) is 18.1. The van der Waals surface area contributed by atoms with E-state index in [1.807, 2.05) is 0 Å². The van der Waals surface area contributed by atoms with Crippen LogP contribution in [0.5, 0.6) is 0 Å². The first-order valence-corrected chi connectivity index (χ1v) is 21.9. The van der Waals surface area contributed by atoms with E-state index in [9.17, 15) is 23.8 Å². The number of phosphoric ester groups is 1. The number of rotatable bonds is 36. The van der Waals surface area contributed by atoms with E-state index in [1.165, 1.54) is 25.7 Å². The van der Waals surface area contributed by atoms with Gasteiger partial charge in [0.2, 0.25) is 0 Å². The van der Waals surface area contributed by atoms with Gasteiger partial charge in [-0.3, -0.25) is 23.4 Å². The van der Waals surface area contributed by atoms with Gasteiger partial charge in [0.15, 0.2) is 6.10 Å². The van der Waals surface area contributed by atoms with Crippen LogP contribution in [0.1, 0.15) is 142 Å². The second-order valence-corrected chi connectivity index (χ2v) is 15.2. The zero-order valence-corrected chi connectivity index (χ0v) is 34.3. The van der Waals surface area contributed by atoms with Crippen LogP contribution in [0.25, 0.3) is 0 Å². The van der Waals surface area contributed by atoms with Crippen molar-refractivity contribution in [3.8, 4) is 0 Å². The van der Waals surface area contributed by atoms with E-state index < -0.39 is 51.1 Å². The molecular formula is C42H70NO11P. The zero-order valence-electron chi connectivity index (χ0n) is 33.4. The SMILES string of the molecule is CC/C=C\C/C=C\C/C=C\C/C=C\CCCCC(=O)O[C@H](COC(=O)CCCCCCC/C=C\CC1OC1CCCCC)COP(=O)(O)OC[C@H](N)C(=O)O. The third-order valence-electron chi connectivity index (χ3n) is 8.67. The average Bonchev–Trinajstić information content (AvgIpc) is 3.91. The van der Waals surface area contributed by atoms with Crippen LogP contribution in [0.4, 0.5) is 0 Å². The molecule has 0 aliphatic carbocycles. The average molecular weight is 796 g/mol. The molecule has 0 saturated carbocycles. The minimum Gasteiger partial charge on any atom is -0.480 e. The van der Waals surface area contributed by atoms with Crippen molar-refractivity contribution in [1.29, 1.82) is 0 Å². The number of hydrogen-bond acceptors (Lipinski definition) is 10. The summed E-state index contributed by atoms with van der Waals surface area (Å²) in [5.74, 6) is -2.47. The summed E-state index contributed by atoms with van der Waals surface area (Å²) in [5, 5.41) is 8.88. The van der Waals surface area contributed by atoms with Crippen molar-refractivity contribution < 1.29 is 52.2 Å². The largest absolute Gasteiger partial charge is 0.480 e. The molecule has 0 bridgehead atoms. The molecule has 5 atom stereocenters. The van der Waals surface area contributed by atoms with Crippen LogP contribution in [0.3, 0.4) is 0 Å². The minimum absolute atomic E-state index is 0.100. The molecule has 55 heavy (non-hydrogen) atoms. The van der Waals surface area contributed by atoms with Gasteiger partial charge in [-0.05, 0) is 77.0 Å². The smallest absolute Gasteiger partial charge is 0.472 e. The molecule has 1 aliphatic heterocycles. The Bertz CT molecular complexity index is 1230. The van der Waals surface area contributed by atoms with Crippen molar-refractivity contribution >= 4 is 25.7 Å². The predicted molar refractivity (Wildman–Crippen MR) is 216 cm³/mol. The maximum atomic E-state index is 12.6. The molecular weight excluding hydrogens is 725 g/mol. The first kappa shape index (κ1) is 50.2. The van der Waals surface area contributed by atoms with E-state index >= 15 is 0 Å². The van der Waals surface area contributed by atoms with Gasteiger partial charge in [-0.15, -0.1) is 0 Å². The lowest BCUT2D eigenvalue weighted by atomic mass is 10.1. The maximum absolute atomic E-state index is 12.6. The molecule has 0 amide bonds. The molecule has 1 aliphatic rings. The van der Waals surface area contributed by atoms with Crippen LogP contribution in [0.2, 0.25) is 0 Å². The van der Waals surface area contributed by atoms with Crippen LogP contribution in [-0.2, 0) is 42.2 Å². The van der Waals surface area contributed by atoms with E-state index in [4.69, 9.17) is 29.6 Å². The topological polar surface area (TPSA) is 184 Å². The van der Waals surface area contributed by atoms with Gasteiger partial charge < -0.3 is 29.9 Å². The molecule has 1 saturated heterocycles. The quantitative estimate of drug-likeness (QED) is 0.0180. The fraction of sp³-hybridized carbons (Fsp3) is 0.690. The summed E-state index contributed by atoms with van der Waals surface area (Å²) in [4.78, 5) is 45.9. The number of unbranched alkanes of at least 4 members (excludes halogenated alkanes) is 9. The number of allylic oxidation sites excluding steroid dienone is 9. The van der Waals surface area contributed by atoms with Gasteiger partial charge in [0, 0.05) is 12.8 Å². The Labute approximate surface area is 330 Å². The number of aliphatic carboxylic acids is 1. The van der Waals surface area contributed by atoms with E-state index in [0.29, 0.717) is 25.0 Å². The monoisotopic (exact) mass is 795 g/mol. The second-order valence-electron chi connectivity index (χ2n) is 13.8. The minimum atomic E-state index is -4.73. The van der Waals surface area contributed by atoms with Crippen molar-refractivity contribution in [2.24, 2.45) is 5.73 Å². The van der Waals surface area contributed by atoms with Gasteiger partial charge in [-0.25, -0.2) is 4.57 Å². The lowest BCUT2D eigenvalue weighted by Gasteiger charge is -2.20. The Kier molecular flexibility index (Phi) is 30.4. The Hall–Kier alpha value is -2.86. The predicted octanol–water partition coefficient (Wildman–Crippen LogP) is 9.38. The van der Waals surface area contributed by atoms with Crippen LogP contribution >= 0.6 is 7.82 Å². The molecule has 0 spiro atoms. The number of epoxide rings is 1. The molecule has 0 aromatic heterocycles. The van der Waals surface area contributed by atoms with Crippen molar-refractivity contribution in [2.75, 3.05) is 19.8 Å². The molecule has 0 radical (unpaired) electrons. The highest BCUT2D eigenvalue weighted by Crippen LogP contribution is 2.43. The van der Waals surface area contributed by atoms with Crippen molar-refractivity contribution in [2.45, 2.75) is 167 Å². The highest BCUT2D eigenvalue weighted by Gasteiger charge is 2.36. The van der Waals surface area contributed by atoms with Crippen molar-refractivity contribution in [1.82, 2.24) is 0 Å². The highest BCUT2D eigenvalue weighted by molar-refractivity contribution is 7.47. The molecule has 0 aromatic rings.